The lowest BCUT2D eigenvalue weighted by Crippen LogP contribution is -2.29. The fourth-order valence-corrected chi connectivity index (χ4v) is 6.07. The van der Waals surface area contributed by atoms with Crippen molar-refractivity contribution in [2.75, 3.05) is 18.0 Å². The van der Waals surface area contributed by atoms with Gasteiger partial charge in [-0.05, 0) is 85.5 Å². The van der Waals surface area contributed by atoms with E-state index in [1.807, 2.05) is 43.5 Å². The molecule has 7 heteroatoms. The molecule has 1 saturated heterocycles. The first kappa shape index (κ1) is 23.3. The molecule has 6 nitrogen and oxygen atoms in total. The van der Waals surface area contributed by atoms with Crippen molar-refractivity contribution in [2.24, 2.45) is 0 Å². The number of phenolic OH excluding ortho intramolecular Hbond substituents is 1. The number of H-pyrrole nitrogens is 1. The largest absolute Gasteiger partial charge is 0.507 e. The summed E-state index contributed by atoms with van der Waals surface area (Å²) < 4.78 is 0. The van der Waals surface area contributed by atoms with Crippen molar-refractivity contribution in [3.05, 3.63) is 70.6 Å². The highest BCUT2D eigenvalue weighted by Gasteiger charge is 2.24. The summed E-state index contributed by atoms with van der Waals surface area (Å²) in [4.78, 5) is 8.36. The zero-order valence-corrected chi connectivity index (χ0v) is 21.7. The Hall–Kier alpha value is -4.15. The fraction of sp³-hybridized carbons (Fsp3) is 0.233. The number of nitriles is 1. The van der Waals surface area contributed by atoms with Crippen molar-refractivity contribution in [3.8, 4) is 44.8 Å². The van der Waals surface area contributed by atoms with Gasteiger partial charge in [0.05, 0.1) is 27.2 Å². The smallest absolute Gasteiger partial charge is 0.182 e. The molecule has 0 aliphatic carbocycles. The Balaban J connectivity index is 1.61. The van der Waals surface area contributed by atoms with Crippen LogP contribution in [0.1, 0.15) is 36.0 Å². The Morgan fingerprint density at radius 1 is 1.00 bits per heavy atom. The molecule has 37 heavy (non-hydrogen) atoms. The molecule has 0 atom stereocenters. The SMILES string of the molecule is Cc1cc(-c2nc3n[nH]c(-c4cccs4)c3c(-c3ccc(N4CCCCC4)cc3)c2C#N)cc(C)c1O. The van der Waals surface area contributed by atoms with Gasteiger partial charge in [-0.15, -0.1) is 11.3 Å². The summed E-state index contributed by atoms with van der Waals surface area (Å²) in [6.07, 6.45) is 3.73. The Morgan fingerprint density at radius 3 is 2.38 bits per heavy atom. The van der Waals surface area contributed by atoms with Crippen LogP contribution < -0.4 is 4.90 Å². The molecule has 0 spiro atoms. The standard InChI is InChI=1S/C30H27N5OS/c1-18-15-21(16-19(2)29(18)36)27-23(17-31)25(20-8-10-22(11-9-20)35-12-4-3-5-13-35)26-28(24-7-6-14-37-24)33-34-30(26)32-27/h6-11,14-16,36H,3-5,12-13H2,1-2H3,(H,32,33,34). The van der Waals surface area contributed by atoms with Crippen LogP contribution in [-0.2, 0) is 0 Å². The number of hydrogen-bond donors (Lipinski definition) is 2. The molecular weight excluding hydrogens is 478 g/mol. The van der Waals surface area contributed by atoms with E-state index in [0.29, 0.717) is 16.9 Å². The first-order valence-electron chi connectivity index (χ1n) is 12.6. The van der Waals surface area contributed by atoms with E-state index in [0.717, 1.165) is 56.9 Å². The molecule has 2 N–H and O–H groups in total. The molecule has 5 aromatic rings. The lowest BCUT2D eigenvalue weighted by atomic mass is 9.91. The highest BCUT2D eigenvalue weighted by Crippen LogP contribution is 2.42. The molecule has 0 amide bonds. The maximum Gasteiger partial charge on any atom is 0.182 e. The average Bonchev–Trinajstić information content (AvgIpc) is 3.61. The van der Waals surface area contributed by atoms with Gasteiger partial charge in [0, 0.05) is 29.9 Å². The topological polar surface area (TPSA) is 88.8 Å². The van der Waals surface area contributed by atoms with Crippen molar-refractivity contribution < 1.29 is 5.11 Å². The first-order chi connectivity index (χ1) is 18.0. The Kier molecular flexibility index (Phi) is 5.90. The minimum Gasteiger partial charge on any atom is -0.507 e. The molecule has 0 radical (unpaired) electrons. The number of nitrogens with one attached hydrogen (secondary N) is 1. The maximum atomic E-state index is 10.5. The molecule has 6 rings (SSSR count). The molecule has 0 bridgehead atoms. The van der Waals surface area contributed by atoms with Gasteiger partial charge < -0.3 is 10.0 Å². The van der Waals surface area contributed by atoms with Crippen LogP contribution >= 0.6 is 11.3 Å². The molecular formula is C30H27N5OS. The van der Waals surface area contributed by atoms with Gasteiger partial charge in [0.25, 0.3) is 0 Å². The average molecular weight is 506 g/mol. The van der Waals surface area contributed by atoms with Crippen LogP contribution in [0.2, 0.25) is 0 Å². The van der Waals surface area contributed by atoms with Gasteiger partial charge >= 0.3 is 0 Å². The Bertz CT molecular complexity index is 1620. The van der Waals surface area contributed by atoms with Crippen molar-refractivity contribution >= 4 is 28.1 Å². The fourth-order valence-electron chi connectivity index (χ4n) is 5.34. The van der Waals surface area contributed by atoms with E-state index in [1.165, 1.54) is 24.9 Å². The van der Waals surface area contributed by atoms with Crippen LogP contribution in [0.3, 0.4) is 0 Å². The molecule has 3 aromatic heterocycles. The second kappa shape index (κ2) is 9.38. The molecule has 2 aromatic carbocycles. The summed E-state index contributed by atoms with van der Waals surface area (Å²) in [5.74, 6) is 0.261. The van der Waals surface area contributed by atoms with Crippen LogP contribution in [0, 0.1) is 25.2 Å². The number of nitrogens with zero attached hydrogens (tertiary/aromatic N) is 4. The summed E-state index contributed by atoms with van der Waals surface area (Å²) in [6, 6.07) is 18.8. The minimum absolute atomic E-state index is 0.261. The third-order valence-electron chi connectivity index (χ3n) is 7.22. The van der Waals surface area contributed by atoms with Crippen molar-refractivity contribution in [1.29, 1.82) is 5.26 Å². The number of rotatable bonds is 4. The van der Waals surface area contributed by atoms with Crippen molar-refractivity contribution in [3.63, 3.8) is 0 Å². The zero-order valence-electron chi connectivity index (χ0n) is 20.9. The monoisotopic (exact) mass is 505 g/mol. The van der Waals surface area contributed by atoms with E-state index in [4.69, 9.17) is 4.98 Å². The molecule has 1 fully saturated rings. The number of aryl methyl sites for hydroxylation is 2. The van der Waals surface area contributed by atoms with Crippen molar-refractivity contribution in [2.45, 2.75) is 33.1 Å². The van der Waals surface area contributed by atoms with Crippen LogP contribution in [0.4, 0.5) is 5.69 Å². The quantitative estimate of drug-likeness (QED) is 0.269. The summed E-state index contributed by atoms with van der Waals surface area (Å²) in [6.45, 7) is 5.88. The van der Waals surface area contributed by atoms with Gasteiger partial charge in [0.15, 0.2) is 5.65 Å². The minimum atomic E-state index is 0.261. The highest BCUT2D eigenvalue weighted by atomic mass is 32.1. The van der Waals surface area contributed by atoms with Crippen LogP contribution in [0.5, 0.6) is 5.75 Å². The Morgan fingerprint density at radius 2 is 1.73 bits per heavy atom. The predicted molar refractivity (Wildman–Crippen MR) is 150 cm³/mol. The van der Waals surface area contributed by atoms with E-state index in [9.17, 15) is 10.4 Å². The summed E-state index contributed by atoms with van der Waals surface area (Å²) in [5.41, 5.74) is 7.78. The van der Waals surface area contributed by atoms with E-state index in [1.54, 1.807) is 11.3 Å². The lowest BCUT2D eigenvalue weighted by Gasteiger charge is -2.29. The normalized spacial score (nSPS) is 13.7. The summed E-state index contributed by atoms with van der Waals surface area (Å²) in [5, 5.41) is 31.5. The maximum absolute atomic E-state index is 10.5. The number of pyridine rings is 1. The summed E-state index contributed by atoms with van der Waals surface area (Å²) >= 11 is 1.62. The first-order valence-corrected chi connectivity index (χ1v) is 13.4. The molecule has 0 unspecified atom stereocenters. The van der Waals surface area contributed by atoms with Gasteiger partial charge in [-0.25, -0.2) is 4.98 Å². The van der Waals surface area contributed by atoms with Gasteiger partial charge in [0.1, 0.15) is 11.8 Å². The van der Waals surface area contributed by atoms with Crippen LogP contribution in [0.15, 0.2) is 53.9 Å². The molecule has 1 aliphatic rings. The molecule has 184 valence electrons. The number of hydrogen-bond acceptors (Lipinski definition) is 6. The van der Waals surface area contributed by atoms with E-state index < -0.39 is 0 Å². The zero-order chi connectivity index (χ0) is 25.5. The lowest BCUT2D eigenvalue weighted by molar-refractivity contribution is 0.467. The van der Waals surface area contributed by atoms with Gasteiger partial charge in [-0.1, -0.05) is 18.2 Å². The number of piperidine rings is 1. The highest BCUT2D eigenvalue weighted by molar-refractivity contribution is 7.13. The van der Waals surface area contributed by atoms with E-state index >= 15 is 0 Å². The second-order valence-corrected chi connectivity index (χ2v) is 10.6. The van der Waals surface area contributed by atoms with Crippen LogP contribution in [0.25, 0.3) is 44.0 Å². The van der Waals surface area contributed by atoms with Crippen molar-refractivity contribution in [1.82, 2.24) is 15.2 Å². The third kappa shape index (κ3) is 4.04. The number of phenols is 1. The Labute approximate surface area is 219 Å². The number of thiophene rings is 1. The second-order valence-electron chi connectivity index (χ2n) is 9.65. The number of aromatic amines is 1. The number of fused-ring (bicyclic) bond motifs is 1. The van der Waals surface area contributed by atoms with Gasteiger partial charge in [-0.2, -0.15) is 10.4 Å². The predicted octanol–water partition coefficient (Wildman–Crippen LogP) is 7.20. The molecule has 1 aliphatic heterocycles. The summed E-state index contributed by atoms with van der Waals surface area (Å²) in [7, 11) is 0. The number of aromatic nitrogens is 3. The van der Waals surface area contributed by atoms with E-state index in [2.05, 4.69) is 45.4 Å². The van der Waals surface area contributed by atoms with Gasteiger partial charge in [0.2, 0.25) is 0 Å². The number of aromatic hydroxyl groups is 1. The number of benzene rings is 2. The third-order valence-corrected chi connectivity index (χ3v) is 8.11. The van der Waals surface area contributed by atoms with E-state index in [-0.39, 0.29) is 5.75 Å². The number of anilines is 1. The molecule has 4 heterocycles. The van der Waals surface area contributed by atoms with Gasteiger partial charge in [-0.3, -0.25) is 5.10 Å². The molecule has 0 saturated carbocycles. The van der Waals surface area contributed by atoms with Crippen LogP contribution in [-0.4, -0.2) is 33.4 Å².